The number of nitrogens with two attached hydrogens (primary N) is 1. The van der Waals surface area contributed by atoms with Gasteiger partial charge in [-0.2, -0.15) is 0 Å². The molecule has 0 bridgehead atoms. The van der Waals surface area contributed by atoms with Crippen LogP contribution in [0.25, 0.3) is 0 Å². The molecule has 5 heteroatoms. The SMILES string of the molecule is Cc1cc(N)cc(C(=O)NCC2(CO)CCCC2)c1F. The summed E-state index contributed by atoms with van der Waals surface area (Å²) in [6.45, 7) is 2.00. The summed E-state index contributed by atoms with van der Waals surface area (Å²) < 4.78 is 13.9. The third kappa shape index (κ3) is 2.93. The van der Waals surface area contributed by atoms with Crippen molar-refractivity contribution >= 4 is 11.6 Å². The minimum atomic E-state index is -0.541. The maximum absolute atomic E-state index is 13.9. The Morgan fingerprint density at radius 3 is 2.70 bits per heavy atom. The highest BCUT2D eigenvalue weighted by molar-refractivity contribution is 5.95. The molecule has 4 nitrogen and oxygen atoms in total. The van der Waals surface area contributed by atoms with Crippen LogP contribution in [0.2, 0.25) is 0 Å². The van der Waals surface area contributed by atoms with Crippen LogP contribution in [-0.4, -0.2) is 24.2 Å². The van der Waals surface area contributed by atoms with Crippen LogP contribution in [-0.2, 0) is 0 Å². The van der Waals surface area contributed by atoms with Crippen molar-refractivity contribution in [2.75, 3.05) is 18.9 Å². The molecule has 0 radical (unpaired) electrons. The molecule has 0 aromatic heterocycles. The van der Waals surface area contributed by atoms with Gasteiger partial charge in [-0.25, -0.2) is 4.39 Å². The molecule has 0 heterocycles. The molecular formula is C15H21FN2O2. The fourth-order valence-electron chi connectivity index (χ4n) is 2.84. The van der Waals surface area contributed by atoms with Crippen molar-refractivity contribution in [1.29, 1.82) is 0 Å². The van der Waals surface area contributed by atoms with Crippen LogP contribution in [0, 0.1) is 18.2 Å². The van der Waals surface area contributed by atoms with Gasteiger partial charge in [0.25, 0.3) is 5.91 Å². The van der Waals surface area contributed by atoms with Crippen LogP contribution in [0.15, 0.2) is 12.1 Å². The molecule has 0 spiro atoms. The molecule has 1 saturated carbocycles. The zero-order valence-corrected chi connectivity index (χ0v) is 11.7. The second kappa shape index (κ2) is 5.79. The number of aliphatic hydroxyl groups is 1. The number of nitrogens with one attached hydrogen (secondary N) is 1. The van der Waals surface area contributed by atoms with E-state index in [1.807, 2.05) is 0 Å². The summed E-state index contributed by atoms with van der Waals surface area (Å²) in [4.78, 5) is 12.1. The third-order valence-corrected chi connectivity index (χ3v) is 4.15. The highest BCUT2D eigenvalue weighted by Crippen LogP contribution is 2.37. The lowest BCUT2D eigenvalue weighted by Crippen LogP contribution is -2.38. The van der Waals surface area contributed by atoms with Gasteiger partial charge in [0.05, 0.1) is 12.2 Å². The number of aryl methyl sites for hydroxylation is 1. The maximum atomic E-state index is 13.9. The predicted molar refractivity (Wildman–Crippen MR) is 75.9 cm³/mol. The summed E-state index contributed by atoms with van der Waals surface area (Å²) in [5, 5.41) is 12.2. The molecule has 0 aliphatic heterocycles. The number of benzene rings is 1. The molecule has 1 fully saturated rings. The van der Waals surface area contributed by atoms with Gasteiger partial charge < -0.3 is 16.2 Å². The average Bonchev–Trinajstić information content (AvgIpc) is 2.89. The molecule has 20 heavy (non-hydrogen) atoms. The highest BCUT2D eigenvalue weighted by Gasteiger charge is 2.33. The molecule has 0 saturated heterocycles. The third-order valence-electron chi connectivity index (χ3n) is 4.15. The second-order valence-electron chi connectivity index (χ2n) is 5.75. The Labute approximate surface area is 118 Å². The van der Waals surface area contributed by atoms with E-state index in [1.165, 1.54) is 12.1 Å². The first-order valence-electron chi connectivity index (χ1n) is 6.92. The fourth-order valence-corrected chi connectivity index (χ4v) is 2.84. The second-order valence-corrected chi connectivity index (χ2v) is 5.75. The van der Waals surface area contributed by atoms with Gasteiger partial charge >= 0.3 is 0 Å². The summed E-state index contributed by atoms with van der Waals surface area (Å²) in [6, 6.07) is 2.84. The van der Waals surface area contributed by atoms with Gasteiger partial charge in [-0.05, 0) is 37.5 Å². The van der Waals surface area contributed by atoms with E-state index in [9.17, 15) is 14.3 Å². The maximum Gasteiger partial charge on any atom is 0.254 e. The molecular weight excluding hydrogens is 259 g/mol. The van der Waals surface area contributed by atoms with Crippen LogP contribution in [0.4, 0.5) is 10.1 Å². The summed E-state index contributed by atoms with van der Waals surface area (Å²) in [5.74, 6) is -1.02. The van der Waals surface area contributed by atoms with E-state index in [1.54, 1.807) is 6.92 Å². The lowest BCUT2D eigenvalue weighted by atomic mass is 9.87. The first-order chi connectivity index (χ1) is 9.47. The van der Waals surface area contributed by atoms with Gasteiger partial charge in [-0.1, -0.05) is 12.8 Å². The minimum absolute atomic E-state index is 0.0337. The number of anilines is 1. The number of carbonyl (C=O) groups is 1. The van der Waals surface area contributed by atoms with E-state index in [0.29, 0.717) is 17.8 Å². The van der Waals surface area contributed by atoms with E-state index in [4.69, 9.17) is 5.73 Å². The van der Waals surface area contributed by atoms with Crippen molar-refractivity contribution in [1.82, 2.24) is 5.32 Å². The molecule has 1 aliphatic carbocycles. The van der Waals surface area contributed by atoms with Crippen molar-refractivity contribution in [3.63, 3.8) is 0 Å². The molecule has 1 aromatic carbocycles. The van der Waals surface area contributed by atoms with Crippen LogP contribution in [0.3, 0.4) is 0 Å². The highest BCUT2D eigenvalue weighted by atomic mass is 19.1. The summed E-state index contributed by atoms with van der Waals surface area (Å²) in [7, 11) is 0. The summed E-state index contributed by atoms with van der Waals surface area (Å²) in [5.41, 5.74) is 6.09. The Kier molecular flexibility index (Phi) is 4.28. The van der Waals surface area contributed by atoms with Crippen molar-refractivity contribution in [3.05, 3.63) is 29.1 Å². The van der Waals surface area contributed by atoms with Gasteiger partial charge in [0.1, 0.15) is 5.82 Å². The molecule has 0 atom stereocenters. The van der Waals surface area contributed by atoms with Gasteiger partial charge in [0.15, 0.2) is 0 Å². The zero-order valence-electron chi connectivity index (χ0n) is 11.7. The van der Waals surface area contributed by atoms with Gasteiger partial charge in [0.2, 0.25) is 0 Å². The lowest BCUT2D eigenvalue weighted by molar-refractivity contribution is 0.0877. The number of carbonyl (C=O) groups excluding carboxylic acids is 1. The number of hydrogen-bond acceptors (Lipinski definition) is 3. The lowest BCUT2D eigenvalue weighted by Gasteiger charge is -2.26. The predicted octanol–water partition coefficient (Wildman–Crippen LogP) is 2.00. The van der Waals surface area contributed by atoms with E-state index < -0.39 is 11.7 Å². The Morgan fingerprint density at radius 1 is 1.45 bits per heavy atom. The topological polar surface area (TPSA) is 75.4 Å². The number of rotatable bonds is 4. The summed E-state index contributed by atoms with van der Waals surface area (Å²) in [6.07, 6.45) is 3.90. The van der Waals surface area contributed by atoms with Crippen molar-refractivity contribution < 1.29 is 14.3 Å². The smallest absolute Gasteiger partial charge is 0.254 e. The molecule has 4 N–H and O–H groups in total. The first kappa shape index (κ1) is 14.8. The Hall–Kier alpha value is -1.62. The fraction of sp³-hybridized carbons (Fsp3) is 0.533. The number of nitrogen functional groups attached to an aromatic ring is 1. The van der Waals surface area contributed by atoms with Gasteiger partial charge in [-0.3, -0.25) is 4.79 Å². The van der Waals surface area contributed by atoms with Crippen LogP contribution < -0.4 is 11.1 Å². The molecule has 1 amide bonds. The normalized spacial score (nSPS) is 17.1. The zero-order chi connectivity index (χ0) is 14.8. The standard InChI is InChI=1S/C15H21FN2O2/c1-10-6-11(17)7-12(13(10)16)14(20)18-8-15(9-19)4-2-3-5-15/h6-7,19H,2-5,8-9,17H2,1H3,(H,18,20). The van der Waals surface area contributed by atoms with Crippen LogP contribution >= 0.6 is 0 Å². The average molecular weight is 280 g/mol. The van der Waals surface area contributed by atoms with E-state index in [0.717, 1.165) is 25.7 Å². The van der Waals surface area contributed by atoms with Crippen LogP contribution in [0.5, 0.6) is 0 Å². The largest absolute Gasteiger partial charge is 0.399 e. The monoisotopic (exact) mass is 280 g/mol. The number of aliphatic hydroxyl groups excluding tert-OH is 1. The summed E-state index contributed by atoms with van der Waals surface area (Å²) >= 11 is 0. The number of hydrogen-bond donors (Lipinski definition) is 3. The Bertz CT molecular complexity index is 511. The van der Waals surface area contributed by atoms with E-state index in [-0.39, 0.29) is 17.6 Å². The molecule has 110 valence electrons. The molecule has 0 unspecified atom stereocenters. The van der Waals surface area contributed by atoms with E-state index in [2.05, 4.69) is 5.32 Å². The van der Waals surface area contributed by atoms with Crippen molar-refractivity contribution in [2.45, 2.75) is 32.6 Å². The van der Waals surface area contributed by atoms with Gasteiger partial charge in [-0.15, -0.1) is 0 Å². The first-order valence-corrected chi connectivity index (χ1v) is 6.92. The van der Waals surface area contributed by atoms with Crippen molar-refractivity contribution in [3.8, 4) is 0 Å². The van der Waals surface area contributed by atoms with E-state index >= 15 is 0 Å². The number of amides is 1. The molecule has 1 aliphatic rings. The van der Waals surface area contributed by atoms with Crippen molar-refractivity contribution in [2.24, 2.45) is 5.41 Å². The quantitative estimate of drug-likeness (QED) is 0.738. The number of halogens is 1. The Balaban J connectivity index is 2.09. The minimum Gasteiger partial charge on any atom is -0.399 e. The molecule has 1 aromatic rings. The molecule has 2 rings (SSSR count). The van der Waals surface area contributed by atoms with Crippen LogP contribution in [0.1, 0.15) is 41.6 Å². The van der Waals surface area contributed by atoms with Gasteiger partial charge in [0, 0.05) is 17.6 Å². The Morgan fingerprint density at radius 2 is 2.10 bits per heavy atom.